The number of halogens is 2. The standard InChI is InChI=1S/C7H13F2NO/c1-4(2)5(3)7(8,9)6(10)11/h4-5H,1-3H3,(H2,10,11). The van der Waals surface area contributed by atoms with Gasteiger partial charge in [0, 0.05) is 5.92 Å². The van der Waals surface area contributed by atoms with E-state index in [1.807, 2.05) is 0 Å². The van der Waals surface area contributed by atoms with Gasteiger partial charge >= 0.3 is 5.92 Å². The number of alkyl halides is 2. The summed E-state index contributed by atoms with van der Waals surface area (Å²) < 4.78 is 25.4. The maximum absolute atomic E-state index is 12.7. The van der Waals surface area contributed by atoms with E-state index in [4.69, 9.17) is 0 Å². The monoisotopic (exact) mass is 165 g/mol. The van der Waals surface area contributed by atoms with Gasteiger partial charge in [-0.1, -0.05) is 20.8 Å². The second-order valence-corrected chi connectivity index (χ2v) is 3.02. The van der Waals surface area contributed by atoms with Crippen molar-refractivity contribution in [2.45, 2.75) is 26.7 Å². The van der Waals surface area contributed by atoms with Crippen molar-refractivity contribution in [2.75, 3.05) is 0 Å². The summed E-state index contributed by atoms with van der Waals surface area (Å²) in [6, 6.07) is 0. The Hall–Kier alpha value is -0.670. The quantitative estimate of drug-likeness (QED) is 0.674. The molecule has 0 aromatic rings. The summed E-state index contributed by atoms with van der Waals surface area (Å²) in [6.07, 6.45) is 0. The lowest BCUT2D eigenvalue weighted by Crippen LogP contribution is -2.43. The number of carbonyl (C=O) groups is 1. The number of primary amides is 1. The van der Waals surface area contributed by atoms with E-state index >= 15 is 0 Å². The fourth-order valence-corrected chi connectivity index (χ4v) is 0.643. The third-order valence-electron chi connectivity index (χ3n) is 1.90. The largest absolute Gasteiger partial charge is 0.364 e. The summed E-state index contributed by atoms with van der Waals surface area (Å²) in [7, 11) is 0. The predicted molar refractivity (Wildman–Crippen MR) is 38.1 cm³/mol. The van der Waals surface area contributed by atoms with Crippen LogP contribution in [0, 0.1) is 11.8 Å². The normalized spacial score (nSPS) is 15.1. The van der Waals surface area contributed by atoms with Crippen LogP contribution in [0.15, 0.2) is 0 Å². The van der Waals surface area contributed by atoms with Gasteiger partial charge in [-0.15, -0.1) is 0 Å². The molecule has 1 unspecified atom stereocenters. The fourth-order valence-electron chi connectivity index (χ4n) is 0.643. The molecule has 0 saturated heterocycles. The average molecular weight is 165 g/mol. The predicted octanol–water partition coefficient (Wildman–Crippen LogP) is 1.40. The number of hydrogen-bond donors (Lipinski definition) is 1. The zero-order valence-corrected chi connectivity index (χ0v) is 6.90. The molecule has 4 heteroatoms. The molecule has 0 radical (unpaired) electrons. The van der Waals surface area contributed by atoms with Gasteiger partial charge < -0.3 is 5.73 Å². The minimum Gasteiger partial charge on any atom is -0.364 e. The first-order valence-electron chi connectivity index (χ1n) is 3.47. The van der Waals surface area contributed by atoms with Crippen LogP contribution in [0.3, 0.4) is 0 Å². The molecule has 0 spiro atoms. The molecule has 0 bridgehead atoms. The van der Waals surface area contributed by atoms with E-state index in [9.17, 15) is 13.6 Å². The summed E-state index contributed by atoms with van der Waals surface area (Å²) in [5.74, 6) is -6.18. The molecular weight excluding hydrogens is 152 g/mol. The summed E-state index contributed by atoms with van der Waals surface area (Å²) in [5, 5.41) is 0. The first kappa shape index (κ1) is 10.3. The number of amides is 1. The van der Waals surface area contributed by atoms with E-state index < -0.39 is 17.7 Å². The molecule has 0 aliphatic rings. The van der Waals surface area contributed by atoms with Crippen molar-refractivity contribution in [2.24, 2.45) is 17.6 Å². The van der Waals surface area contributed by atoms with Gasteiger partial charge in [0.15, 0.2) is 0 Å². The Morgan fingerprint density at radius 2 is 1.73 bits per heavy atom. The van der Waals surface area contributed by atoms with Gasteiger partial charge in [-0.2, -0.15) is 8.78 Å². The molecule has 0 aromatic heterocycles. The Kier molecular flexibility index (Phi) is 2.96. The number of hydrogen-bond acceptors (Lipinski definition) is 1. The van der Waals surface area contributed by atoms with Crippen LogP contribution >= 0.6 is 0 Å². The highest BCUT2D eigenvalue weighted by Gasteiger charge is 2.43. The molecule has 1 amide bonds. The van der Waals surface area contributed by atoms with Crippen molar-refractivity contribution in [1.29, 1.82) is 0 Å². The molecule has 11 heavy (non-hydrogen) atoms. The minimum atomic E-state index is -3.38. The van der Waals surface area contributed by atoms with Gasteiger partial charge in [-0.05, 0) is 5.92 Å². The summed E-state index contributed by atoms with van der Waals surface area (Å²) in [6.45, 7) is 4.57. The highest BCUT2D eigenvalue weighted by atomic mass is 19.3. The third kappa shape index (κ3) is 2.13. The molecular formula is C7H13F2NO. The Morgan fingerprint density at radius 3 is 1.82 bits per heavy atom. The zero-order chi connectivity index (χ0) is 9.23. The van der Waals surface area contributed by atoms with Gasteiger partial charge in [0.2, 0.25) is 0 Å². The molecule has 66 valence electrons. The van der Waals surface area contributed by atoms with E-state index in [1.54, 1.807) is 13.8 Å². The highest BCUT2D eigenvalue weighted by Crippen LogP contribution is 2.29. The van der Waals surface area contributed by atoms with Gasteiger partial charge in [-0.3, -0.25) is 4.79 Å². The second kappa shape index (κ2) is 3.15. The second-order valence-electron chi connectivity index (χ2n) is 3.02. The first-order valence-corrected chi connectivity index (χ1v) is 3.47. The zero-order valence-electron chi connectivity index (χ0n) is 6.90. The Morgan fingerprint density at radius 1 is 1.36 bits per heavy atom. The molecule has 0 rings (SSSR count). The topological polar surface area (TPSA) is 43.1 Å². The lowest BCUT2D eigenvalue weighted by Gasteiger charge is -2.23. The van der Waals surface area contributed by atoms with Crippen LogP contribution in [0.2, 0.25) is 0 Å². The van der Waals surface area contributed by atoms with E-state index in [0.29, 0.717) is 0 Å². The Balaban J connectivity index is 4.42. The molecule has 0 fully saturated rings. The van der Waals surface area contributed by atoms with Gasteiger partial charge in [-0.25, -0.2) is 0 Å². The smallest absolute Gasteiger partial charge is 0.327 e. The lowest BCUT2D eigenvalue weighted by molar-refractivity contribution is -0.151. The maximum atomic E-state index is 12.7. The van der Waals surface area contributed by atoms with Crippen LogP contribution in [-0.4, -0.2) is 11.8 Å². The van der Waals surface area contributed by atoms with Gasteiger partial charge in [0.25, 0.3) is 5.91 Å². The van der Waals surface area contributed by atoms with E-state index in [-0.39, 0.29) is 5.92 Å². The van der Waals surface area contributed by atoms with Crippen LogP contribution < -0.4 is 5.73 Å². The Bertz CT molecular complexity index is 157. The Labute approximate surface area is 64.8 Å². The van der Waals surface area contributed by atoms with Crippen molar-refractivity contribution in [3.63, 3.8) is 0 Å². The first-order chi connectivity index (χ1) is 4.80. The fraction of sp³-hybridized carbons (Fsp3) is 0.857. The van der Waals surface area contributed by atoms with E-state index in [0.717, 1.165) is 0 Å². The van der Waals surface area contributed by atoms with Crippen LogP contribution in [0.4, 0.5) is 8.78 Å². The number of rotatable bonds is 3. The SMILES string of the molecule is CC(C)C(C)C(F)(F)C(N)=O. The highest BCUT2D eigenvalue weighted by molar-refractivity contribution is 5.81. The minimum absolute atomic E-state index is 0.252. The molecule has 2 nitrogen and oxygen atoms in total. The molecule has 0 aliphatic heterocycles. The molecule has 0 aliphatic carbocycles. The average Bonchev–Trinajstić information content (AvgIpc) is 1.85. The van der Waals surface area contributed by atoms with Crippen molar-refractivity contribution in [1.82, 2.24) is 0 Å². The third-order valence-corrected chi connectivity index (χ3v) is 1.90. The van der Waals surface area contributed by atoms with Crippen molar-refractivity contribution in [3.8, 4) is 0 Å². The summed E-state index contributed by atoms with van der Waals surface area (Å²) in [4.78, 5) is 10.2. The van der Waals surface area contributed by atoms with Gasteiger partial charge in [0.05, 0.1) is 0 Å². The van der Waals surface area contributed by atoms with Crippen molar-refractivity contribution >= 4 is 5.91 Å². The molecule has 1 atom stereocenters. The van der Waals surface area contributed by atoms with Crippen LogP contribution in [-0.2, 0) is 4.79 Å². The molecule has 0 heterocycles. The van der Waals surface area contributed by atoms with Crippen LogP contribution in [0.25, 0.3) is 0 Å². The lowest BCUT2D eigenvalue weighted by atomic mass is 9.91. The number of nitrogens with two attached hydrogens (primary N) is 1. The van der Waals surface area contributed by atoms with Crippen molar-refractivity contribution < 1.29 is 13.6 Å². The van der Waals surface area contributed by atoms with Crippen LogP contribution in [0.1, 0.15) is 20.8 Å². The molecule has 0 aromatic carbocycles. The molecule has 2 N–H and O–H groups in total. The van der Waals surface area contributed by atoms with E-state index in [1.165, 1.54) is 6.92 Å². The maximum Gasteiger partial charge on any atom is 0.327 e. The van der Waals surface area contributed by atoms with Crippen LogP contribution in [0.5, 0.6) is 0 Å². The number of carbonyl (C=O) groups excluding carboxylic acids is 1. The van der Waals surface area contributed by atoms with E-state index in [2.05, 4.69) is 5.73 Å². The molecule has 0 saturated carbocycles. The van der Waals surface area contributed by atoms with Gasteiger partial charge in [0.1, 0.15) is 0 Å². The van der Waals surface area contributed by atoms with Crippen molar-refractivity contribution in [3.05, 3.63) is 0 Å². The summed E-state index contributed by atoms with van der Waals surface area (Å²) in [5.41, 5.74) is 4.52. The summed E-state index contributed by atoms with van der Waals surface area (Å²) >= 11 is 0.